The van der Waals surface area contributed by atoms with Gasteiger partial charge >= 0.3 is 11.9 Å². The summed E-state index contributed by atoms with van der Waals surface area (Å²) in [6, 6.07) is 0. The number of carbonyl (C=O) groups is 2. The molecule has 72 heavy (non-hydrogen) atoms. The quantitative estimate of drug-likeness (QED) is 0.0172. The maximum atomic E-state index is 13.0. The van der Waals surface area contributed by atoms with E-state index in [2.05, 4.69) is 74.6 Å². The Morgan fingerprint density at radius 3 is 1.42 bits per heavy atom. The molecule has 0 radical (unpaired) electrons. The van der Waals surface area contributed by atoms with Gasteiger partial charge in [-0.3, -0.25) is 9.59 Å². The summed E-state index contributed by atoms with van der Waals surface area (Å²) in [6.45, 7) is 2.44. The van der Waals surface area contributed by atoms with Gasteiger partial charge in [-0.15, -0.1) is 0 Å². The van der Waals surface area contributed by atoms with Gasteiger partial charge in [-0.05, 0) is 77.0 Å². The molecule has 0 aromatic rings. The van der Waals surface area contributed by atoms with Gasteiger partial charge < -0.3 is 64.2 Å². The number of hydrogen-bond acceptors (Lipinski definition) is 15. The Labute approximate surface area is 432 Å². The van der Waals surface area contributed by atoms with E-state index in [1.807, 2.05) is 0 Å². The van der Waals surface area contributed by atoms with Crippen LogP contribution >= 0.6 is 0 Å². The minimum absolute atomic E-state index is 0.111. The molecule has 11 atom stereocenters. The van der Waals surface area contributed by atoms with E-state index in [1.165, 1.54) is 96.3 Å². The summed E-state index contributed by atoms with van der Waals surface area (Å²) < 4.78 is 33.6. The smallest absolute Gasteiger partial charge is 0.306 e. The van der Waals surface area contributed by atoms with Gasteiger partial charge in [0.2, 0.25) is 0 Å². The maximum Gasteiger partial charge on any atom is 0.306 e. The highest BCUT2D eigenvalue weighted by atomic mass is 16.7. The molecule has 0 amide bonds. The largest absolute Gasteiger partial charge is 0.462 e. The van der Waals surface area contributed by atoms with Crippen LogP contribution in [0.1, 0.15) is 194 Å². The lowest BCUT2D eigenvalue weighted by molar-refractivity contribution is -0.332. The Bertz CT molecular complexity index is 1480. The van der Waals surface area contributed by atoms with Crippen molar-refractivity contribution in [1.82, 2.24) is 0 Å². The normalized spacial score (nSPS) is 25.5. The molecule has 2 saturated heterocycles. The lowest BCUT2D eigenvalue weighted by atomic mass is 9.98. The van der Waals surface area contributed by atoms with Crippen LogP contribution in [0.2, 0.25) is 0 Å². The van der Waals surface area contributed by atoms with E-state index in [0.717, 1.165) is 57.8 Å². The first-order valence-electron chi connectivity index (χ1n) is 27.9. The molecule has 2 aliphatic rings. The molecule has 416 valence electrons. The second kappa shape index (κ2) is 43.4. The molecular formula is C57H98O15. The van der Waals surface area contributed by atoms with Crippen LogP contribution in [0.5, 0.6) is 0 Å². The molecule has 0 saturated carbocycles. The van der Waals surface area contributed by atoms with Gasteiger partial charge in [0.15, 0.2) is 18.7 Å². The molecule has 0 aliphatic carbocycles. The summed E-state index contributed by atoms with van der Waals surface area (Å²) in [6.07, 6.45) is 34.0. The van der Waals surface area contributed by atoms with E-state index < -0.39 is 99.3 Å². The third-order valence-corrected chi connectivity index (χ3v) is 13.0. The van der Waals surface area contributed by atoms with E-state index in [0.29, 0.717) is 12.8 Å². The Morgan fingerprint density at radius 2 is 0.875 bits per heavy atom. The van der Waals surface area contributed by atoms with Crippen molar-refractivity contribution in [1.29, 1.82) is 0 Å². The van der Waals surface area contributed by atoms with Crippen molar-refractivity contribution in [3.05, 3.63) is 60.8 Å². The molecule has 2 heterocycles. The lowest BCUT2D eigenvalue weighted by Crippen LogP contribution is -2.61. The standard InChI is InChI=1S/C57H98O15/c1-3-5-7-9-11-13-15-17-19-20-21-22-23-24-26-27-29-31-33-35-37-39-48(59)67-42-45(70-49(60)40-38-36-34-32-30-28-25-18-16-14-12-10-8-6-4-2)43-68-56-55(66)53(64)51(62)47(72-56)44-69-57-54(65)52(63)50(61)46(41-58)71-57/h6,8,12,14,18,20-21,25,30,32,45-47,50-58,61-66H,3-5,7,9-11,13,15-17,19,22-24,26-29,31,33-44H2,1-2H3/b8-6-,14-12-,21-20-,25-18-,32-30-. The highest BCUT2D eigenvalue weighted by Crippen LogP contribution is 2.26. The molecule has 11 unspecified atom stereocenters. The first-order valence-corrected chi connectivity index (χ1v) is 27.9. The average Bonchev–Trinajstić information content (AvgIpc) is 3.37. The van der Waals surface area contributed by atoms with Gasteiger partial charge in [-0.1, -0.05) is 164 Å². The average molecular weight is 1020 g/mol. The number of carbonyl (C=O) groups excluding carboxylic acids is 2. The van der Waals surface area contributed by atoms with Crippen molar-refractivity contribution in [2.75, 3.05) is 26.4 Å². The second-order valence-corrected chi connectivity index (χ2v) is 19.4. The summed E-state index contributed by atoms with van der Waals surface area (Å²) in [5.41, 5.74) is 0. The van der Waals surface area contributed by atoms with E-state index >= 15 is 0 Å². The summed E-state index contributed by atoms with van der Waals surface area (Å²) >= 11 is 0. The SMILES string of the molecule is CC/C=C\C/C=C\C/C=C\C/C=C\CCCCC(=O)OC(COC(=O)CCCCCCCCCCC/C=C\CCCCCCCCCC)COC1OC(COC2OC(CO)C(O)C(O)C2O)C(O)C(O)C1O. The molecule has 0 aromatic heterocycles. The Morgan fingerprint density at radius 1 is 0.458 bits per heavy atom. The zero-order chi connectivity index (χ0) is 52.4. The minimum atomic E-state index is -1.78. The van der Waals surface area contributed by atoms with Gasteiger partial charge in [0.1, 0.15) is 55.4 Å². The Hall–Kier alpha value is -2.80. The number of esters is 2. The zero-order valence-corrected chi connectivity index (χ0v) is 44.1. The zero-order valence-electron chi connectivity index (χ0n) is 44.1. The number of ether oxygens (including phenoxy) is 6. The van der Waals surface area contributed by atoms with E-state index in [9.17, 15) is 45.3 Å². The van der Waals surface area contributed by atoms with Crippen molar-refractivity contribution in [2.24, 2.45) is 0 Å². The third kappa shape index (κ3) is 30.5. The summed E-state index contributed by atoms with van der Waals surface area (Å²) in [7, 11) is 0. The first kappa shape index (κ1) is 65.3. The lowest BCUT2D eigenvalue weighted by Gasteiger charge is -2.42. The Balaban J connectivity index is 1.77. The van der Waals surface area contributed by atoms with Crippen molar-refractivity contribution in [2.45, 2.75) is 261 Å². The molecule has 15 heteroatoms. The number of allylic oxidation sites excluding steroid dienone is 10. The predicted octanol–water partition coefficient (Wildman–Crippen LogP) is 8.83. The fourth-order valence-corrected chi connectivity index (χ4v) is 8.44. The molecule has 2 rings (SSSR count). The summed E-state index contributed by atoms with van der Waals surface area (Å²) in [5.74, 6) is -0.976. The molecule has 15 nitrogen and oxygen atoms in total. The van der Waals surface area contributed by atoms with Crippen molar-refractivity contribution >= 4 is 11.9 Å². The van der Waals surface area contributed by atoms with Crippen molar-refractivity contribution in [3.8, 4) is 0 Å². The fraction of sp³-hybridized carbons (Fsp3) is 0.789. The van der Waals surface area contributed by atoms with Crippen LogP contribution in [-0.4, -0.2) is 142 Å². The van der Waals surface area contributed by atoms with Gasteiger partial charge in [-0.2, -0.15) is 0 Å². The molecule has 2 aliphatic heterocycles. The minimum Gasteiger partial charge on any atom is -0.462 e. The summed E-state index contributed by atoms with van der Waals surface area (Å²) in [4.78, 5) is 25.8. The van der Waals surface area contributed by atoms with Crippen LogP contribution in [0.25, 0.3) is 0 Å². The maximum absolute atomic E-state index is 13.0. The molecule has 0 aromatic carbocycles. The van der Waals surface area contributed by atoms with Crippen molar-refractivity contribution < 1.29 is 73.8 Å². The number of aliphatic hydroxyl groups is 7. The van der Waals surface area contributed by atoms with Gasteiger partial charge in [-0.25, -0.2) is 0 Å². The van der Waals surface area contributed by atoms with Gasteiger partial charge in [0, 0.05) is 12.8 Å². The van der Waals surface area contributed by atoms with E-state index in [4.69, 9.17) is 28.4 Å². The van der Waals surface area contributed by atoms with Gasteiger partial charge in [0.25, 0.3) is 0 Å². The number of aliphatic hydroxyl groups excluding tert-OH is 7. The van der Waals surface area contributed by atoms with Crippen LogP contribution in [0.4, 0.5) is 0 Å². The van der Waals surface area contributed by atoms with Crippen LogP contribution in [0.3, 0.4) is 0 Å². The third-order valence-electron chi connectivity index (χ3n) is 13.0. The van der Waals surface area contributed by atoms with E-state index in [1.54, 1.807) is 0 Å². The molecule has 7 N–H and O–H groups in total. The van der Waals surface area contributed by atoms with Crippen LogP contribution in [0, 0.1) is 0 Å². The molecule has 0 spiro atoms. The monoisotopic (exact) mass is 1020 g/mol. The molecule has 2 fully saturated rings. The fourth-order valence-electron chi connectivity index (χ4n) is 8.44. The van der Waals surface area contributed by atoms with Crippen LogP contribution < -0.4 is 0 Å². The number of unbranched alkanes of at least 4 members (excludes halogenated alkanes) is 19. The number of rotatable bonds is 43. The molecular weight excluding hydrogens is 925 g/mol. The van der Waals surface area contributed by atoms with Crippen LogP contribution in [-0.2, 0) is 38.0 Å². The van der Waals surface area contributed by atoms with Gasteiger partial charge in [0.05, 0.1) is 19.8 Å². The topological polar surface area (TPSA) is 231 Å². The summed E-state index contributed by atoms with van der Waals surface area (Å²) in [5, 5.41) is 72.2. The predicted molar refractivity (Wildman–Crippen MR) is 280 cm³/mol. The Kier molecular flexibility index (Phi) is 39.4. The highest BCUT2D eigenvalue weighted by Gasteiger charge is 2.47. The van der Waals surface area contributed by atoms with E-state index in [-0.39, 0.29) is 19.4 Å². The molecule has 0 bridgehead atoms. The first-order chi connectivity index (χ1) is 35.0. The number of hydrogen-bond donors (Lipinski definition) is 7. The highest BCUT2D eigenvalue weighted by molar-refractivity contribution is 5.70. The van der Waals surface area contributed by atoms with Crippen molar-refractivity contribution in [3.63, 3.8) is 0 Å². The second-order valence-electron chi connectivity index (χ2n) is 19.4. The van der Waals surface area contributed by atoms with Crippen LogP contribution in [0.15, 0.2) is 60.8 Å².